The molecule has 0 aliphatic carbocycles. The van der Waals surface area contributed by atoms with Crippen LogP contribution in [0, 0.1) is 0 Å². The van der Waals surface area contributed by atoms with Crippen LogP contribution in [-0.4, -0.2) is 37.6 Å². The van der Waals surface area contributed by atoms with Gasteiger partial charge in [0.05, 0.1) is 7.11 Å². The van der Waals surface area contributed by atoms with Crippen molar-refractivity contribution in [1.82, 2.24) is 4.90 Å². The highest BCUT2D eigenvalue weighted by Gasteiger charge is 2.06. The summed E-state index contributed by atoms with van der Waals surface area (Å²) in [6.07, 6.45) is 3.32. The molecule has 0 aromatic rings. The predicted octanol–water partition coefficient (Wildman–Crippen LogP) is 2.70. The number of rotatable bonds is 2. The summed E-state index contributed by atoms with van der Waals surface area (Å²) in [6, 6.07) is 0. The van der Waals surface area contributed by atoms with E-state index in [9.17, 15) is 4.79 Å². The minimum atomic E-state index is -0.157. The Labute approximate surface area is 94.8 Å². The first-order valence-electron chi connectivity index (χ1n) is 6.03. The zero-order valence-corrected chi connectivity index (χ0v) is 11.0. The minimum Gasteiger partial charge on any atom is -0.469 e. The van der Waals surface area contributed by atoms with Gasteiger partial charge in [-0.1, -0.05) is 27.7 Å². The summed E-state index contributed by atoms with van der Waals surface area (Å²) in [4.78, 5) is 12.4. The fourth-order valence-electron chi connectivity index (χ4n) is 1.24. The van der Waals surface area contributed by atoms with Crippen LogP contribution in [0.1, 0.15) is 47.0 Å². The summed E-state index contributed by atoms with van der Waals surface area (Å²) >= 11 is 0. The van der Waals surface area contributed by atoms with Crippen molar-refractivity contribution in [3.63, 3.8) is 0 Å². The molecule has 1 heterocycles. The van der Waals surface area contributed by atoms with E-state index < -0.39 is 0 Å². The molecule has 0 atom stereocenters. The molecule has 0 saturated carbocycles. The summed E-state index contributed by atoms with van der Waals surface area (Å²) in [5.41, 5.74) is 0. The molecule has 0 unspecified atom stereocenters. The molecular weight excluding hydrogens is 190 g/mol. The minimum absolute atomic E-state index is 0.157. The highest BCUT2D eigenvalue weighted by atomic mass is 16.5. The van der Waals surface area contributed by atoms with E-state index in [-0.39, 0.29) is 5.97 Å². The van der Waals surface area contributed by atoms with Crippen LogP contribution in [0.3, 0.4) is 0 Å². The molecule has 1 rings (SSSR count). The van der Waals surface area contributed by atoms with Crippen molar-refractivity contribution in [2.24, 2.45) is 0 Å². The molecule has 0 spiro atoms. The molecule has 0 radical (unpaired) electrons. The monoisotopic (exact) mass is 217 g/mol. The van der Waals surface area contributed by atoms with Crippen LogP contribution in [-0.2, 0) is 9.53 Å². The largest absolute Gasteiger partial charge is 0.469 e. The maximum absolute atomic E-state index is 9.96. The topological polar surface area (TPSA) is 29.5 Å². The van der Waals surface area contributed by atoms with Crippen LogP contribution in [0.25, 0.3) is 0 Å². The summed E-state index contributed by atoms with van der Waals surface area (Å²) < 4.78 is 4.26. The second kappa shape index (κ2) is 13.4. The zero-order valence-electron chi connectivity index (χ0n) is 11.0. The van der Waals surface area contributed by atoms with Gasteiger partial charge in [-0.15, -0.1) is 0 Å². The SMILES string of the molecule is CC.CCC(=O)OC.CCN1CCCC1. The number of hydrogen-bond donors (Lipinski definition) is 0. The van der Waals surface area contributed by atoms with Crippen molar-refractivity contribution in [3.8, 4) is 0 Å². The molecule has 92 valence electrons. The van der Waals surface area contributed by atoms with Crippen LogP contribution < -0.4 is 0 Å². The molecule has 0 N–H and O–H groups in total. The quantitative estimate of drug-likeness (QED) is 0.666. The third-order valence-corrected chi connectivity index (χ3v) is 2.16. The van der Waals surface area contributed by atoms with Gasteiger partial charge in [-0.2, -0.15) is 0 Å². The Morgan fingerprint density at radius 2 is 1.67 bits per heavy atom. The molecule has 3 nitrogen and oxygen atoms in total. The van der Waals surface area contributed by atoms with Crippen molar-refractivity contribution in [1.29, 1.82) is 0 Å². The highest BCUT2D eigenvalue weighted by Crippen LogP contribution is 2.04. The van der Waals surface area contributed by atoms with E-state index in [1.165, 1.54) is 39.6 Å². The van der Waals surface area contributed by atoms with Crippen molar-refractivity contribution in [2.45, 2.75) is 47.0 Å². The lowest BCUT2D eigenvalue weighted by atomic mass is 10.4. The fraction of sp³-hybridized carbons (Fsp3) is 0.917. The smallest absolute Gasteiger partial charge is 0.305 e. The van der Waals surface area contributed by atoms with Crippen LogP contribution in [0.15, 0.2) is 0 Å². The molecule has 1 aliphatic heterocycles. The summed E-state index contributed by atoms with van der Waals surface area (Å²) in [5.74, 6) is -0.157. The lowest BCUT2D eigenvalue weighted by molar-refractivity contribution is -0.140. The van der Waals surface area contributed by atoms with E-state index in [1.807, 2.05) is 13.8 Å². The predicted molar refractivity (Wildman–Crippen MR) is 65.0 cm³/mol. The van der Waals surface area contributed by atoms with Crippen LogP contribution in [0.2, 0.25) is 0 Å². The molecule has 0 aromatic carbocycles. The standard InChI is InChI=1S/C6H13N.C4H8O2.C2H6/c1-2-7-5-3-4-6-7;1-3-4(5)6-2;1-2/h2-6H2,1H3;3H2,1-2H3;1-2H3. The van der Waals surface area contributed by atoms with Gasteiger partial charge in [0.15, 0.2) is 0 Å². The third-order valence-electron chi connectivity index (χ3n) is 2.16. The van der Waals surface area contributed by atoms with Gasteiger partial charge >= 0.3 is 5.97 Å². The van der Waals surface area contributed by atoms with Gasteiger partial charge in [0.2, 0.25) is 0 Å². The van der Waals surface area contributed by atoms with E-state index in [0.29, 0.717) is 6.42 Å². The molecule has 1 aliphatic rings. The van der Waals surface area contributed by atoms with E-state index in [4.69, 9.17) is 0 Å². The Balaban J connectivity index is 0. The van der Waals surface area contributed by atoms with Gasteiger partial charge in [-0.05, 0) is 32.5 Å². The fourth-order valence-corrected chi connectivity index (χ4v) is 1.24. The van der Waals surface area contributed by atoms with Gasteiger partial charge in [-0.3, -0.25) is 4.79 Å². The molecule has 3 heteroatoms. The lowest BCUT2D eigenvalue weighted by Crippen LogP contribution is -2.17. The zero-order chi connectivity index (χ0) is 12.1. The molecule has 15 heavy (non-hydrogen) atoms. The molecular formula is C12H27NO2. The lowest BCUT2D eigenvalue weighted by Gasteiger charge is -2.08. The van der Waals surface area contributed by atoms with Gasteiger partial charge < -0.3 is 9.64 Å². The van der Waals surface area contributed by atoms with Crippen molar-refractivity contribution in [2.75, 3.05) is 26.7 Å². The van der Waals surface area contributed by atoms with E-state index in [0.717, 1.165) is 0 Å². The molecule has 0 bridgehead atoms. The average Bonchev–Trinajstić information content (AvgIpc) is 2.84. The first-order chi connectivity index (χ1) is 7.24. The number of carbonyl (C=O) groups is 1. The van der Waals surface area contributed by atoms with Gasteiger partial charge in [0, 0.05) is 6.42 Å². The van der Waals surface area contributed by atoms with E-state index >= 15 is 0 Å². The maximum atomic E-state index is 9.96. The van der Waals surface area contributed by atoms with E-state index in [1.54, 1.807) is 6.92 Å². The van der Waals surface area contributed by atoms with Gasteiger partial charge in [-0.25, -0.2) is 0 Å². The Hall–Kier alpha value is -0.570. The summed E-state index contributed by atoms with van der Waals surface area (Å²) in [6.45, 7) is 11.9. The average molecular weight is 217 g/mol. The highest BCUT2D eigenvalue weighted by molar-refractivity contribution is 5.68. The summed E-state index contributed by atoms with van der Waals surface area (Å²) in [5, 5.41) is 0. The number of methoxy groups -OCH3 is 1. The number of nitrogens with zero attached hydrogens (tertiary/aromatic N) is 1. The third kappa shape index (κ3) is 11.4. The first-order valence-corrected chi connectivity index (χ1v) is 6.03. The van der Waals surface area contributed by atoms with Crippen molar-refractivity contribution >= 4 is 5.97 Å². The number of esters is 1. The van der Waals surface area contributed by atoms with Crippen molar-refractivity contribution in [3.05, 3.63) is 0 Å². The first kappa shape index (κ1) is 16.8. The summed E-state index contributed by atoms with van der Waals surface area (Å²) in [7, 11) is 1.38. The Morgan fingerprint density at radius 3 is 1.80 bits per heavy atom. The van der Waals surface area contributed by atoms with Gasteiger partial charge in [0.25, 0.3) is 0 Å². The number of ether oxygens (including phenoxy) is 1. The van der Waals surface area contributed by atoms with Gasteiger partial charge in [0.1, 0.15) is 0 Å². The van der Waals surface area contributed by atoms with E-state index in [2.05, 4.69) is 16.6 Å². The maximum Gasteiger partial charge on any atom is 0.305 e. The van der Waals surface area contributed by atoms with Crippen LogP contribution in [0.5, 0.6) is 0 Å². The molecule has 0 aromatic heterocycles. The van der Waals surface area contributed by atoms with Crippen LogP contribution in [0.4, 0.5) is 0 Å². The molecule has 1 saturated heterocycles. The second-order valence-electron chi connectivity index (χ2n) is 3.07. The van der Waals surface area contributed by atoms with Crippen LogP contribution >= 0.6 is 0 Å². The van der Waals surface area contributed by atoms with Crippen molar-refractivity contribution < 1.29 is 9.53 Å². The Kier molecular flexibility index (Phi) is 15.1. The Bertz CT molecular complexity index is 126. The molecule has 1 fully saturated rings. The number of likely N-dealkylation sites (tertiary alicyclic amines) is 1. The second-order valence-corrected chi connectivity index (χ2v) is 3.07. The number of carbonyl (C=O) groups excluding carboxylic acids is 1. The normalized spacial score (nSPS) is 14.5. The Morgan fingerprint density at radius 1 is 1.20 bits per heavy atom. The number of hydrogen-bond acceptors (Lipinski definition) is 3. The molecule has 0 amide bonds.